The van der Waals surface area contributed by atoms with Gasteiger partial charge in [-0.05, 0) is 12.5 Å². The van der Waals surface area contributed by atoms with Gasteiger partial charge in [-0.15, -0.1) is 33.2 Å². The number of unbranched alkanes of at least 4 members (excludes halogenated alkanes) is 7. The van der Waals surface area contributed by atoms with Crippen LogP contribution >= 0.6 is 33.2 Å². The van der Waals surface area contributed by atoms with E-state index in [0.29, 0.717) is 0 Å². The zero-order chi connectivity index (χ0) is 11.6. The van der Waals surface area contributed by atoms with Crippen molar-refractivity contribution in [3.05, 3.63) is 0 Å². The standard InChI is InChI=1S/C10H20Cl3FSi/c11-15(12,13)10-8-6-4-2-1-3-5-7-9-14/h1-10H2. The number of rotatable bonds is 10. The molecule has 0 aliphatic heterocycles. The first kappa shape index (κ1) is 16.0. The molecule has 0 heterocycles. The minimum Gasteiger partial charge on any atom is -0.251 e. The van der Waals surface area contributed by atoms with Gasteiger partial charge in [0.25, 0.3) is 0 Å². The summed E-state index contributed by atoms with van der Waals surface area (Å²) in [5, 5.41) is 0. The second kappa shape index (κ2) is 10.2. The summed E-state index contributed by atoms with van der Waals surface area (Å²) in [4.78, 5) is 0. The molecule has 0 unspecified atom stereocenters. The first-order valence-corrected chi connectivity index (χ1v) is 10.9. The van der Waals surface area contributed by atoms with Crippen LogP contribution in [0.2, 0.25) is 6.04 Å². The van der Waals surface area contributed by atoms with Gasteiger partial charge in [-0.1, -0.05) is 44.9 Å². The van der Waals surface area contributed by atoms with Crippen molar-refractivity contribution in [2.24, 2.45) is 0 Å². The van der Waals surface area contributed by atoms with Gasteiger partial charge < -0.3 is 0 Å². The van der Waals surface area contributed by atoms with Gasteiger partial charge in [-0.3, -0.25) is 4.39 Å². The van der Waals surface area contributed by atoms with E-state index in [1.54, 1.807) is 0 Å². The first-order chi connectivity index (χ1) is 7.06. The molecule has 0 radical (unpaired) electrons. The number of alkyl halides is 1. The predicted octanol–water partition coefficient (Wildman–Crippen LogP) is 5.73. The maximum atomic E-state index is 11.7. The molecule has 0 aromatic rings. The highest BCUT2D eigenvalue weighted by Gasteiger charge is 2.23. The lowest BCUT2D eigenvalue weighted by atomic mass is 10.1. The Morgan fingerprint density at radius 2 is 1.07 bits per heavy atom. The predicted molar refractivity (Wildman–Crippen MR) is 71.0 cm³/mol. The lowest BCUT2D eigenvalue weighted by Gasteiger charge is -2.06. The topological polar surface area (TPSA) is 0 Å². The molecule has 15 heavy (non-hydrogen) atoms. The molecule has 0 aromatic carbocycles. The van der Waals surface area contributed by atoms with E-state index < -0.39 is 6.00 Å². The molecule has 5 heteroatoms. The Labute approximate surface area is 108 Å². The number of hydrogen-bond acceptors (Lipinski definition) is 0. The van der Waals surface area contributed by atoms with Crippen LogP contribution in [0.5, 0.6) is 0 Å². The van der Waals surface area contributed by atoms with Crippen LogP contribution in [0, 0.1) is 0 Å². The van der Waals surface area contributed by atoms with Crippen LogP contribution in [0.1, 0.15) is 51.4 Å². The summed E-state index contributed by atoms with van der Waals surface area (Å²) >= 11 is 17.3. The monoisotopic (exact) mass is 292 g/mol. The highest BCUT2D eigenvalue weighted by atomic mass is 35.8. The fraction of sp³-hybridized carbons (Fsp3) is 1.00. The molecular weight excluding hydrogens is 274 g/mol. The minimum atomic E-state index is -2.37. The molecule has 0 N–H and O–H groups in total. The maximum Gasteiger partial charge on any atom is 0.341 e. The molecule has 0 atom stereocenters. The molecule has 0 fully saturated rings. The number of halogens is 4. The Kier molecular flexibility index (Phi) is 10.9. The lowest BCUT2D eigenvalue weighted by Crippen LogP contribution is -2.07. The fourth-order valence-corrected chi connectivity index (χ4v) is 3.33. The summed E-state index contributed by atoms with van der Waals surface area (Å²) < 4.78 is 11.7. The van der Waals surface area contributed by atoms with Crippen molar-refractivity contribution >= 4 is 39.2 Å². The minimum absolute atomic E-state index is 0.173. The maximum absolute atomic E-state index is 11.7. The molecule has 0 saturated carbocycles. The molecular formula is C10H20Cl3FSi. The van der Waals surface area contributed by atoms with E-state index in [0.717, 1.165) is 38.1 Å². The summed E-state index contributed by atoms with van der Waals surface area (Å²) in [6.45, 7) is -0.173. The van der Waals surface area contributed by atoms with Gasteiger partial charge in [-0.2, -0.15) is 0 Å². The van der Waals surface area contributed by atoms with Crippen LogP contribution < -0.4 is 0 Å². The summed E-state index contributed by atoms with van der Waals surface area (Å²) in [5.74, 6) is 0. The van der Waals surface area contributed by atoms with Gasteiger partial charge >= 0.3 is 6.00 Å². The van der Waals surface area contributed by atoms with Crippen molar-refractivity contribution in [1.29, 1.82) is 0 Å². The van der Waals surface area contributed by atoms with Gasteiger partial charge in [-0.25, -0.2) is 0 Å². The van der Waals surface area contributed by atoms with Gasteiger partial charge in [0.1, 0.15) is 0 Å². The zero-order valence-electron chi connectivity index (χ0n) is 9.08. The molecule has 0 aromatic heterocycles. The summed E-state index contributed by atoms with van der Waals surface area (Å²) in [6.07, 6.45) is 8.75. The zero-order valence-corrected chi connectivity index (χ0v) is 12.4. The Morgan fingerprint density at radius 3 is 1.47 bits per heavy atom. The molecule has 0 aliphatic carbocycles. The van der Waals surface area contributed by atoms with E-state index in [-0.39, 0.29) is 6.67 Å². The summed E-state index contributed by atoms with van der Waals surface area (Å²) in [5.41, 5.74) is 0. The van der Waals surface area contributed by atoms with Crippen molar-refractivity contribution in [3.8, 4) is 0 Å². The largest absolute Gasteiger partial charge is 0.341 e. The van der Waals surface area contributed by atoms with Gasteiger partial charge in [0.15, 0.2) is 0 Å². The third kappa shape index (κ3) is 15.0. The Bertz CT molecular complexity index is 139. The van der Waals surface area contributed by atoms with Gasteiger partial charge in [0, 0.05) is 0 Å². The van der Waals surface area contributed by atoms with E-state index in [9.17, 15) is 4.39 Å². The Balaban J connectivity index is 2.99. The Morgan fingerprint density at radius 1 is 0.667 bits per heavy atom. The average Bonchev–Trinajstić information content (AvgIpc) is 2.14. The highest BCUT2D eigenvalue weighted by Crippen LogP contribution is 2.27. The molecule has 92 valence electrons. The highest BCUT2D eigenvalue weighted by molar-refractivity contribution is 7.64. The van der Waals surface area contributed by atoms with Crippen LogP contribution in [0.4, 0.5) is 4.39 Å². The van der Waals surface area contributed by atoms with E-state index in [1.807, 2.05) is 0 Å². The van der Waals surface area contributed by atoms with Crippen molar-refractivity contribution in [3.63, 3.8) is 0 Å². The van der Waals surface area contributed by atoms with Crippen molar-refractivity contribution < 1.29 is 4.39 Å². The summed E-state index contributed by atoms with van der Waals surface area (Å²) in [6, 6.07) is -1.59. The van der Waals surface area contributed by atoms with E-state index >= 15 is 0 Å². The van der Waals surface area contributed by atoms with Crippen LogP contribution in [0.3, 0.4) is 0 Å². The second-order valence-electron chi connectivity index (χ2n) is 3.88. The van der Waals surface area contributed by atoms with Crippen LogP contribution in [0.15, 0.2) is 0 Å². The first-order valence-electron chi connectivity index (χ1n) is 5.69. The number of hydrogen-bond donors (Lipinski definition) is 0. The molecule has 0 nitrogen and oxygen atoms in total. The third-order valence-electron chi connectivity index (χ3n) is 2.34. The molecule has 0 rings (SSSR count). The van der Waals surface area contributed by atoms with Crippen molar-refractivity contribution in [2.75, 3.05) is 6.67 Å². The van der Waals surface area contributed by atoms with Gasteiger partial charge in [0.2, 0.25) is 0 Å². The van der Waals surface area contributed by atoms with Crippen molar-refractivity contribution in [1.82, 2.24) is 0 Å². The molecule has 0 aliphatic rings. The lowest BCUT2D eigenvalue weighted by molar-refractivity contribution is 0.449. The smallest absolute Gasteiger partial charge is 0.251 e. The molecule has 0 spiro atoms. The van der Waals surface area contributed by atoms with E-state index in [1.165, 1.54) is 19.3 Å². The van der Waals surface area contributed by atoms with E-state index in [2.05, 4.69) is 0 Å². The fourth-order valence-electron chi connectivity index (χ4n) is 1.48. The second-order valence-corrected chi connectivity index (χ2v) is 13.2. The summed E-state index contributed by atoms with van der Waals surface area (Å²) in [7, 11) is 0. The van der Waals surface area contributed by atoms with Crippen LogP contribution in [-0.2, 0) is 0 Å². The SMILES string of the molecule is FCCCCCCCCCC[Si](Cl)(Cl)Cl. The van der Waals surface area contributed by atoms with Gasteiger partial charge in [0.05, 0.1) is 6.67 Å². The van der Waals surface area contributed by atoms with Crippen LogP contribution in [-0.4, -0.2) is 12.7 Å². The quantitative estimate of drug-likeness (QED) is 0.274. The molecule has 0 saturated heterocycles. The molecule has 0 bridgehead atoms. The van der Waals surface area contributed by atoms with E-state index in [4.69, 9.17) is 33.2 Å². The van der Waals surface area contributed by atoms with Crippen molar-refractivity contribution in [2.45, 2.75) is 57.4 Å². The molecule has 0 amide bonds. The normalized spacial score (nSPS) is 12.0. The van der Waals surface area contributed by atoms with Crippen LogP contribution in [0.25, 0.3) is 0 Å². The third-order valence-corrected chi connectivity index (χ3v) is 4.97. The Hall–Kier alpha value is 1.02. The average molecular weight is 294 g/mol.